The van der Waals surface area contributed by atoms with Crippen LogP contribution in [-0.2, 0) is 11.8 Å². The monoisotopic (exact) mass is 509 g/mol. The molecule has 0 amide bonds. The lowest BCUT2D eigenvalue weighted by Crippen LogP contribution is -2.50. The van der Waals surface area contributed by atoms with E-state index in [-0.39, 0.29) is 33.8 Å². The first-order valence-corrected chi connectivity index (χ1v) is 11.8. The smallest absolute Gasteiger partial charge is 0.261 e. The fourth-order valence-electron chi connectivity index (χ4n) is 4.72. The highest BCUT2D eigenvalue weighted by Gasteiger charge is 2.35. The molecule has 1 aromatic carbocycles. The number of anilines is 1. The summed E-state index contributed by atoms with van der Waals surface area (Å²) in [5, 5.41) is 0.192. The molecule has 4 heterocycles. The van der Waals surface area contributed by atoms with Gasteiger partial charge in [-0.25, -0.2) is 23.1 Å². The molecule has 10 heteroatoms. The maximum Gasteiger partial charge on any atom is 0.261 e. The lowest BCUT2D eigenvalue weighted by Gasteiger charge is -2.43. The van der Waals surface area contributed by atoms with E-state index in [9.17, 15) is 18.0 Å². The average molecular weight is 510 g/mol. The van der Waals surface area contributed by atoms with E-state index < -0.39 is 23.1 Å². The van der Waals surface area contributed by atoms with E-state index in [2.05, 4.69) is 15.0 Å². The van der Waals surface area contributed by atoms with Crippen molar-refractivity contribution in [2.24, 2.45) is 7.05 Å². The van der Waals surface area contributed by atoms with Crippen molar-refractivity contribution < 1.29 is 17.9 Å². The Morgan fingerprint density at radius 3 is 2.49 bits per heavy atom. The summed E-state index contributed by atoms with van der Waals surface area (Å²) >= 11 is 0. The standard InChI is InChI=1S/C27H26F3N5O2/c1-14-8-16(6-7-31-14)22-12-35(13-27(3,4)37-22)23-10-18-25(32-15(2)34(5)26(18)36)24(33-23)17-9-20(29)21(30)11-19(17)28/h6-11,22H,12-13H2,1-5H3/t22-/m0/s1. The van der Waals surface area contributed by atoms with Crippen LogP contribution < -0.4 is 10.5 Å². The van der Waals surface area contributed by atoms with Crippen molar-refractivity contribution >= 4 is 16.7 Å². The van der Waals surface area contributed by atoms with Crippen LogP contribution >= 0.6 is 0 Å². The zero-order chi connectivity index (χ0) is 26.6. The van der Waals surface area contributed by atoms with Crippen LogP contribution in [0.25, 0.3) is 22.2 Å². The highest BCUT2D eigenvalue weighted by Crippen LogP contribution is 2.36. The lowest BCUT2D eigenvalue weighted by molar-refractivity contribution is -0.0857. The van der Waals surface area contributed by atoms with Crippen molar-refractivity contribution in [1.29, 1.82) is 0 Å². The number of pyridine rings is 2. The fourth-order valence-corrected chi connectivity index (χ4v) is 4.72. The summed E-state index contributed by atoms with van der Waals surface area (Å²) in [5.74, 6) is -2.79. The maximum atomic E-state index is 14.9. The third-order valence-corrected chi connectivity index (χ3v) is 6.57. The highest BCUT2D eigenvalue weighted by molar-refractivity contribution is 5.93. The van der Waals surface area contributed by atoms with Gasteiger partial charge in [0.25, 0.3) is 5.56 Å². The Labute approximate surface area is 211 Å². The third kappa shape index (κ3) is 4.57. The minimum absolute atomic E-state index is 0.0368. The topological polar surface area (TPSA) is 73.1 Å². The van der Waals surface area contributed by atoms with Gasteiger partial charge in [-0.3, -0.25) is 14.3 Å². The van der Waals surface area contributed by atoms with Gasteiger partial charge in [-0.1, -0.05) is 0 Å². The molecule has 1 aliphatic rings. The second-order valence-electron chi connectivity index (χ2n) is 9.97. The zero-order valence-corrected chi connectivity index (χ0v) is 21.1. The molecule has 5 rings (SSSR count). The zero-order valence-electron chi connectivity index (χ0n) is 21.1. The van der Waals surface area contributed by atoms with Crippen LogP contribution in [0, 0.1) is 31.3 Å². The number of nitrogens with zero attached hydrogens (tertiary/aromatic N) is 5. The van der Waals surface area contributed by atoms with Crippen molar-refractivity contribution in [3.63, 3.8) is 0 Å². The van der Waals surface area contributed by atoms with Gasteiger partial charge in [0, 0.05) is 43.7 Å². The fraction of sp³-hybridized carbons (Fsp3) is 0.333. The Kier molecular flexibility index (Phi) is 6.02. The molecule has 0 unspecified atom stereocenters. The second-order valence-corrected chi connectivity index (χ2v) is 9.97. The Morgan fingerprint density at radius 2 is 1.76 bits per heavy atom. The number of aryl methyl sites for hydroxylation is 2. The number of aromatic nitrogens is 4. The summed E-state index contributed by atoms with van der Waals surface area (Å²) < 4.78 is 50.6. The van der Waals surface area contributed by atoms with Crippen molar-refractivity contribution in [1.82, 2.24) is 19.5 Å². The Hall–Kier alpha value is -3.79. The second kappa shape index (κ2) is 8.95. The van der Waals surface area contributed by atoms with Crippen molar-refractivity contribution in [3.8, 4) is 11.3 Å². The minimum atomic E-state index is -1.31. The van der Waals surface area contributed by atoms with Crippen molar-refractivity contribution in [2.75, 3.05) is 18.0 Å². The Morgan fingerprint density at radius 1 is 1.03 bits per heavy atom. The molecule has 0 saturated carbocycles. The van der Waals surface area contributed by atoms with E-state index in [1.807, 2.05) is 37.8 Å². The summed E-state index contributed by atoms with van der Waals surface area (Å²) in [6, 6.07) is 6.66. The molecule has 0 bridgehead atoms. The highest BCUT2D eigenvalue weighted by atomic mass is 19.2. The molecule has 192 valence electrons. The molecule has 1 atom stereocenters. The molecule has 0 aliphatic carbocycles. The van der Waals surface area contributed by atoms with E-state index in [0.29, 0.717) is 30.8 Å². The molecule has 3 aromatic heterocycles. The number of rotatable bonds is 3. The summed E-state index contributed by atoms with van der Waals surface area (Å²) in [5.41, 5.74) is 0.630. The molecule has 4 aromatic rings. The summed E-state index contributed by atoms with van der Waals surface area (Å²) in [6.45, 7) is 8.23. The van der Waals surface area contributed by atoms with Gasteiger partial charge in [0.05, 0.1) is 11.0 Å². The lowest BCUT2D eigenvalue weighted by atomic mass is 10.0. The number of fused-ring (bicyclic) bond motifs is 1. The Balaban J connectivity index is 1.72. The van der Waals surface area contributed by atoms with E-state index >= 15 is 0 Å². The molecule has 0 radical (unpaired) electrons. The molecule has 1 saturated heterocycles. The van der Waals surface area contributed by atoms with Crippen LogP contribution in [0.1, 0.15) is 37.0 Å². The van der Waals surface area contributed by atoms with Gasteiger partial charge in [0.15, 0.2) is 11.6 Å². The van der Waals surface area contributed by atoms with Gasteiger partial charge in [0.1, 0.15) is 34.8 Å². The molecule has 37 heavy (non-hydrogen) atoms. The first kappa shape index (κ1) is 24.9. The van der Waals surface area contributed by atoms with Crippen LogP contribution in [0.2, 0.25) is 0 Å². The number of ether oxygens (including phenoxy) is 1. The normalized spacial score (nSPS) is 17.4. The average Bonchev–Trinajstić information content (AvgIpc) is 2.83. The largest absolute Gasteiger partial charge is 0.364 e. The van der Waals surface area contributed by atoms with Crippen molar-refractivity contribution in [2.45, 2.75) is 39.4 Å². The number of hydrogen-bond acceptors (Lipinski definition) is 6. The van der Waals surface area contributed by atoms with E-state index in [4.69, 9.17) is 4.74 Å². The van der Waals surface area contributed by atoms with Gasteiger partial charge in [-0.2, -0.15) is 0 Å². The minimum Gasteiger partial charge on any atom is -0.364 e. The van der Waals surface area contributed by atoms with E-state index in [1.54, 1.807) is 26.2 Å². The van der Waals surface area contributed by atoms with Crippen LogP contribution in [0.5, 0.6) is 0 Å². The molecule has 1 aliphatic heterocycles. The molecular formula is C27H26F3N5O2. The third-order valence-electron chi connectivity index (χ3n) is 6.57. The van der Waals surface area contributed by atoms with Crippen LogP contribution in [0.4, 0.5) is 19.0 Å². The molecule has 7 nitrogen and oxygen atoms in total. The maximum absolute atomic E-state index is 14.9. The van der Waals surface area contributed by atoms with Gasteiger partial charge in [-0.05, 0) is 57.5 Å². The van der Waals surface area contributed by atoms with Gasteiger partial charge in [0.2, 0.25) is 0 Å². The Bertz CT molecular complexity index is 1600. The predicted molar refractivity (Wildman–Crippen MR) is 134 cm³/mol. The number of hydrogen-bond donors (Lipinski definition) is 0. The first-order chi connectivity index (χ1) is 17.4. The number of morpholine rings is 1. The van der Waals surface area contributed by atoms with Crippen LogP contribution in [-0.4, -0.2) is 38.2 Å². The molecule has 0 spiro atoms. The number of halogens is 3. The predicted octanol–water partition coefficient (Wildman–Crippen LogP) is 4.78. The van der Waals surface area contributed by atoms with Gasteiger partial charge in [-0.15, -0.1) is 0 Å². The summed E-state index contributed by atoms with van der Waals surface area (Å²) in [4.78, 5) is 28.6. The van der Waals surface area contributed by atoms with Gasteiger partial charge < -0.3 is 9.64 Å². The number of benzene rings is 1. The van der Waals surface area contributed by atoms with Crippen molar-refractivity contribution in [3.05, 3.63) is 81.4 Å². The molecule has 1 fully saturated rings. The first-order valence-electron chi connectivity index (χ1n) is 11.8. The van der Waals surface area contributed by atoms with E-state index in [0.717, 1.165) is 17.3 Å². The molecular weight excluding hydrogens is 483 g/mol. The van der Waals surface area contributed by atoms with E-state index in [1.165, 1.54) is 4.57 Å². The SMILES string of the molecule is Cc1cc([C@@H]2CN(c3cc4c(=O)n(C)c(C)nc4c(-c4cc(F)c(F)cc4F)n3)CC(C)(C)O2)ccn1. The summed E-state index contributed by atoms with van der Waals surface area (Å²) in [6.07, 6.45) is 1.39. The van der Waals surface area contributed by atoms with Crippen LogP contribution in [0.15, 0.2) is 41.3 Å². The van der Waals surface area contributed by atoms with Gasteiger partial charge >= 0.3 is 0 Å². The summed E-state index contributed by atoms with van der Waals surface area (Å²) in [7, 11) is 1.58. The molecule has 0 N–H and O–H groups in total. The van der Waals surface area contributed by atoms with Crippen LogP contribution in [0.3, 0.4) is 0 Å². The quantitative estimate of drug-likeness (QED) is 0.370.